The molecule has 0 amide bonds. The molecule has 1 aromatic carbocycles. The molecule has 1 unspecified atom stereocenters. The van der Waals surface area contributed by atoms with Crippen LogP contribution in [0.15, 0.2) is 41.4 Å². The molecule has 2 heteroatoms. The van der Waals surface area contributed by atoms with E-state index in [4.69, 9.17) is 0 Å². The highest BCUT2D eigenvalue weighted by Gasteiger charge is 2.48. The third-order valence-corrected chi connectivity index (χ3v) is 3.53. The second kappa shape index (κ2) is 3.52. The lowest BCUT2D eigenvalue weighted by atomic mass is 9.90. The zero-order valence-electron chi connectivity index (χ0n) is 7.91. The molecule has 1 aromatic rings. The number of hydrogen-bond acceptors (Lipinski definition) is 1. The van der Waals surface area contributed by atoms with Crippen molar-refractivity contribution in [1.29, 1.82) is 0 Å². The van der Waals surface area contributed by atoms with Gasteiger partial charge in [-0.2, -0.15) is 0 Å². The van der Waals surface area contributed by atoms with Gasteiger partial charge in [-0.1, -0.05) is 34.1 Å². The van der Waals surface area contributed by atoms with Crippen molar-refractivity contribution in [1.82, 2.24) is 0 Å². The van der Waals surface area contributed by atoms with Crippen LogP contribution in [0.1, 0.15) is 18.4 Å². The average molecular weight is 253 g/mol. The highest BCUT2D eigenvalue weighted by Crippen LogP contribution is 2.51. The maximum Gasteiger partial charge on any atom is 0.0814 e. The lowest BCUT2D eigenvalue weighted by Gasteiger charge is -2.19. The van der Waals surface area contributed by atoms with Gasteiger partial charge in [0.15, 0.2) is 0 Å². The van der Waals surface area contributed by atoms with Gasteiger partial charge in [0.25, 0.3) is 0 Å². The molecular weight excluding hydrogens is 240 g/mol. The van der Waals surface area contributed by atoms with Gasteiger partial charge in [0.2, 0.25) is 0 Å². The number of aliphatic hydroxyl groups excluding tert-OH is 1. The van der Waals surface area contributed by atoms with E-state index in [0.717, 1.165) is 17.3 Å². The summed E-state index contributed by atoms with van der Waals surface area (Å²) in [7, 11) is 0. The molecule has 1 aliphatic carbocycles. The minimum Gasteiger partial charge on any atom is -0.388 e. The molecule has 0 saturated heterocycles. The zero-order valence-corrected chi connectivity index (χ0v) is 9.50. The van der Waals surface area contributed by atoms with Gasteiger partial charge in [-0.25, -0.2) is 0 Å². The number of aliphatic hydroxyl groups is 1. The molecule has 14 heavy (non-hydrogen) atoms. The van der Waals surface area contributed by atoms with Gasteiger partial charge in [0, 0.05) is 9.89 Å². The summed E-state index contributed by atoms with van der Waals surface area (Å²) in [5.41, 5.74) is 1.18. The van der Waals surface area contributed by atoms with Crippen LogP contribution in [0, 0.1) is 0 Å². The minimum atomic E-state index is -0.413. The molecule has 0 spiro atoms. The van der Waals surface area contributed by atoms with Crippen molar-refractivity contribution in [2.24, 2.45) is 0 Å². The van der Waals surface area contributed by atoms with E-state index in [0.29, 0.717) is 0 Å². The summed E-state index contributed by atoms with van der Waals surface area (Å²) in [6, 6.07) is 8.18. The second-order valence-electron chi connectivity index (χ2n) is 3.84. The quantitative estimate of drug-likeness (QED) is 0.821. The Labute approximate surface area is 92.6 Å². The Kier molecular flexibility index (Phi) is 2.50. The van der Waals surface area contributed by atoms with Crippen molar-refractivity contribution in [3.8, 4) is 0 Å². The fraction of sp³-hybridized carbons (Fsp3) is 0.333. The standard InChI is InChI=1S/C12H13BrO/c1-2-11(14)12(7-8-12)9-3-5-10(13)6-4-9/h2-6,11,14H,1,7-8H2. The van der Waals surface area contributed by atoms with E-state index in [2.05, 4.69) is 34.6 Å². The summed E-state index contributed by atoms with van der Waals surface area (Å²) in [4.78, 5) is 0. The van der Waals surface area contributed by atoms with Gasteiger partial charge in [-0.15, -0.1) is 6.58 Å². The van der Waals surface area contributed by atoms with Gasteiger partial charge >= 0.3 is 0 Å². The van der Waals surface area contributed by atoms with Crippen LogP contribution in [0.3, 0.4) is 0 Å². The van der Waals surface area contributed by atoms with Crippen molar-refractivity contribution < 1.29 is 5.11 Å². The molecule has 1 aliphatic rings. The van der Waals surface area contributed by atoms with Crippen LogP contribution < -0.4 is 0 Å². The molecule has 2 rings (SSSR count). The highest BCUT2D eigenvalue weighted by atomic mass is 79.9. The molecule has 1 nitrogen and oxygen atoms in total. The Hall–Kier alpha value is -0.600. The van der Waals surface area contributed by atoms with Crippen molar-refractivity contribution in [2.75, 3.05) is 0 Å². The van der Waals surface area contributed by atoms with E-state index in [1.54, 1.807) is 6.08 Å². The first kappa shape index (κ1) is 9.94. The Bertz CT molecular complexity index is 338. The van der Waals surface area contributed by atoms with Crippen LogP contribution in [-0.2, 0) is 5.41 Å². The summed E-state index contributed by atoms with van der Waals surface area (Å²) in [6.45, 7) is 3.65. The molecule has 0 bridgehead atoms. The molecule has 0 aliphatic heterocycles. The summed E-state index contributed by atoms with van der Waals surface area (Å²) >= 11 is 3.40. The molecule has 1 N–H and O–H groups in total. The lowest BCUT2D eigenvalue weighted by Crippen LogP contribution is -2.23. The minimum absolute atomic E-state index is 0.0392. The topological polar surface area (TPSA) is 20.2 Å². The molecule has 0 radical (unpaired) electrons. The van der Waals surface area contributed by atoms with Crippen molar-refractivity contribution in [3.63, 3.8) is 0 Å². The number of rotatable bonds is 3. The fourth-order valence-electron chi connectivity index (χ4n) is 1.90. The maximum atomic E-state index is 9.84. The first-order chi connectivity index (χ1) is 6.69. The van der Waals surface area contributed by atoms with Crippen LogP contribution in [0.5, 0.6) is 0 Å². The van der Waals surface area contributed by atoms with E-state index in [1.807, 2.05) is 12.1 Å². The van der Waals surface area contributed by atoms with E-state index in [9.17, 15) is 5.11 Å². The van der Waals surface area contributed by atoms with Crippen LogP contribution in [0.2, 0.25) is 0 Å². The molecule has 0 heterocycles. The average Bonchev–Trinajstić information content (AvgIpc) is 2.99. The molecule has 1 fully saturated rings. The van der Waals surface area contributed by atoms with Crippen molar-refractivity contribution in [3.05, 3.63) is 47.0 Å². The van der Waals surface area contributed by atoms with Crippen LogP contribution in [0.25, 0.3) is 0 Å². The molecule has 1 atom stereocenters. The van der Waals surface area contributed by atoms with E-state index in [-0.39, 0.29) is 5.41 Å². The van der Waals surface area contributed by atoms with E-state index < -0.39 is 6.10 Å². The maximum absolute atomic E-state index is 9.84. The fourth-order valence-corrected chi connectivity index (χ4v) is 2.16. The van der Waals surface area contributed by atoms with Crippen LogP contribution in [0.4, 0.5) is 0 Å². The Morgan fingerprint density at radius 3 is 2.36 bits per heavy atom. The largest absolute Gasteiger partial charge is 0.388 e. The smallest absolute Gasteiger partial charge is 0.0814 e. The van der Waals surface area contributed by atoms with Crippen molar-refractivity contribution >= 4 is 15.9 Å². The second-order valence-corrected chi connectivity index (χ2v) is 4.76. The lowest BCUT2D eigenvalue weighted by molar-refractivity contribution is 0.179. The number of hydrogen-bond donors (Lipinski definition) is 1. The summed E-state index contributed by atoms with van der Waals surface area (Å²) < 4.78 is 1.07. The zero-order chi connectivity index (χ0) is 10.2. The van der Waals surface area contributed by atoms with Crippen molar-refractivity contribution in [2.45, 2.75) is 24.4 Å². The normalized spacial score (nSPS) is 20.1. The Morgan fingerprint density at radius 1 is 1.36 bits per heavy atom. The van der Waals surface area contributed by atoms with Gasteiger partial charge in [-0.3, -0.25) is 0 Å². The molecular formula is C12H13BrO. The SMILES string of the molecule is C=CC(O)C1(c2ccc(Br)cc2)CC1. The van der Waals surface area contributed by atoms with Gasteiger partial charge in [-0.05, 0) is 30.5 Å². The van der Waals surface area contributed by atoms with E-state index in [1.165, 1.54) is 5.56 Å². The summed E-state index contributed by atoms with van der Waals surface area (Å²) in [5.74, 6) is 0. The Morgan fingerprint density at radius 2 is 1.93 bits per heavy atom. The van der Waals surface area contributed by atoms with Gasteiger partial charge < -0.3 is 5.11 Å². The third-order valence-electron chi connectivity index (χ3n) is 3.00. The number of halogens is 1. The molecule has 1 saturated carbocycles. The number of benzene rings is 1. The summed E-state index contributed by atoms with van der Waals surface area (Å²) in [5, 5.41) is 9.84. The summed E-state index contributed by atoms with van der Waals surface area (Å²) in [6.07, 6.45) is 3.34. The van der Waals surface area contributed by atoms with Gasteiger partial charge in [0.1, 0.15) is 0 Å². The van der Waals surface area contributed by atoms with E-state index >= 15 is 0 Å². The first-order valence-electron chi connectivity index (χ1n) is 4.76. The molecule has 0 aromatic heterocycles. The van der Waals surface area contributed by atoms with Gasteiger partial charge in [0.05, 0.1) is 6.10 Å². The first-order valence-corrected chi connectivity index (χ1v) is 5.55. The molecule has 74 valence electrons. The highest BCUT2D eigenvalue weighted by molar-refractivity contribution is 9.10. The Balaban J connectivity index is 2.30. The van der Waals surface area contributed by atoms with Crippen LogP contribution >= 0.6 is 15.9 Å². The third kappa shape index (κ3) is 1.53. The predicted molar refractivity (Wildman–Crippen MR) is 61.3 cm³/mol. The predicted octanol–water partition coefficient (Wildman–Crippen LogP) is 3.03. The monoisotopic (exact) mass is 252 g/mol. The van der Waals surface area contributed by atoms with Crippen LogP contribution in [-0.4, -0.2) is 11.2 Å².